The zero-order valence-electron chi connectivity index (χ0n) is 6.47. The molecule has 0 aliphatic heterocycles. The number of aliphatic hydroxyl groups excluding tert-OH is 1. The van der Waals surface area contributed by atoms with E-state index in [2.05, 4.69) is 4.98 Å². The monoisotopic (exact) mass is 300 g/mol. The maximum atomic E-state index is 12.3. The van der Waals surface area contributed by atoms with E-state index < -0.39 is 6.43 Å². The molecular weight excluding hydrogens is 293 g/mol. The van der Waals surface area contributed by atoms with Gasteiger partial charge < -0.3 is 10.8 Å². The molecule has 0 amide bonds. The summed E-state index contributed by atoms with van der Waals surface area (Å²) in [6.07, 6.45) is -1.51. The van der Waals surface area contributed by atoms with Gasteiger partial charge in [0.2, 0.25) is 0 Å². The lowest BCUT2D eigenvalue weighted by atomic mass is 10.2. The number of nitrogens with zero attached hydrogens (tertiary/aromatic N) is 1. The Labute approximate surface area is 87.1 Å². The van der Waals surface area contributed by atoms with Crippen LogP contribution >= 0.6 is 22.6 Å². The normalized spacial score (nSPS) is 10.8. The molecule has 0 unspecified atom stereocenters. The Morgan fingerprint density at radius 2 is 2.23 bits per heavy atom. The number of rotatable bonds is 2. The number of hydrogen-bond donors (Lipinski definition) is 2. The SMILES string of the molecule is Nc1cnc(C(F)F)c(I)c1CO. The van der Waals surface area contributed by atoms with Gasteiger partial charge in [-0.25, -0.2) is 8.78 Å². The Bertz CT molecular complexity index is 320. The molecule has 72 valence electrons. The number of halogens is 3. The minimum Gasteiger partial charge on any atom is -0.397 e. The van der Waals surface area contributed by atoms with Crippen LogP contribution in [-0.4, -0.2) is 10.1 Å². The smallest absolute Gasteiger partial charge is 0.281 e. The molecule has 1 rings (SSSR count). The largest absolute Gasteiger partial charge is 0.397 e. The fraction of sp³-hybridized carbons (Fsp3) is 0.286. The zero-order chi connectivity index (χ0) is 10.0. The first kappa shape index (κ1) is 10.6. The molecule has 0 spiro atoms. The van der Waals surface area contributed by atoms with Crippen molar-refractivity contribution in [1.82, 2.24) is 4.98 Å². The summed E-state index contributed by atoms with van der Waals surface area (Å²) < 4.78 is 24.8. The predicted molar refractivity (Wildman–Crippen MR) is 52.2 cm³/mol. The lowest BCUT2D eigenvalue weighted by Gasteiger charge is -2.08. The van der Waals surface area contributed by atoms with E-state index >= 15 is 0 Å². The molecule has 3 nitrogen and oxygen atoms in total. The number of pyridine rings is 1. The zero-order valence-corrected chi connectivity index (χ0v) is 8.62. The van der Waals surface area contributed by atoms with E-state index in [0.717, 1.165) is 6.20 Å². The number of alkyl halides is 2. The minimum absolute atomic E-state index is 0.232. The molecule has 1 aromatic heterocycles. The van der Waals surface area contributed by atoms with Gasteiger partial charge in [-0.2, -0.15) is 0 Å². The highest BCUT2D eigenvalue weighted by Gasteiger charge is 2.17. The first-order chi connectivity index (χ1) is 6.07. The van der Waals surface area contributed by atoms with Crippen LogP contribution in [0.3, 0.4) is 0 Å². The summed E-state index contributed by atoms with van der Waals surface area (Å²) in [5, 5.41) is 8.85. The fourth-order valence-electron chi connectivity index (χ4n) is 0.868. The third kappa shape index (κ3) is 2.05. The van der Waals surface area contributed by atoms with Gasteiger partial charge in [0.25, 0.3) is 6.43 Å². The highest BCUT2D eigenvalue weighted by Crippen LogP contribution is 2.27. The van der Waals surface area contributed by atoms with Gasteiger partial charge in [0.15, 0.2) is 0 Å². The molecule has 1 heterocycles. The van der Waals surface area contributed by atoms with E-state index in [1.807, 2.05) is 0 Å². The lowest BCUT2D eigenvalue weighted by Crippen LogP contribution is -2.04. The van der Waals surface area contributed by atoms with E-state index in [9.17, 15) is 8.78 Å². The summed E-state index contributed by atoms with van der Waals surface area (Å²) in [7, 11) is 0. The first-order valence-electron chi connectivity index (χ1n) is 3.39. The molecule has 6 heteroatoms. The second kappa shape index (κ2) is 4.14. The van der Waals surface area contributed by atoms with Crippen molar-refractivity contribution in [3.63, 3.8) is 0 Å². The number of aliphatic hydroxyl groups is 1. The van der Waals surface area contributed by atoms with Gasteiger partial charge in [-0.3, -0.25) is 4.98 Å². The van der Waals surface area contributed by atoms with Gasteiger partial charge in [0, 0.05) is 9.13 Å². The van der Waals surface area contributed by atoms with Crippen molar-refractivity contribution >= 4 is 28.3 Å². The van der Waals surface area contributed by atoms with E-state index in [4.69, 9.17) is 10.8 Å². The Kier molecular flexibility index (Phi) is 3.37. The van der Waals surface area contributed by atoms with Gasteiger partial charge in [0.05, 0.1) is 18.5 Å². The molecule has 0 aromatic carbocycles. The standard InChI is InChI=1S/C7H7F2IN2O/c8-7(9)6-5(10)3(2-13)4(11)1-12-6/h1,7,13H,2,11H2. The van der Waals surface area contributed by atoms with E-state index in [0.29, 0.717) is 5.56 Å². The van der Waals surface area contributed by atoms with Crippen LogP contribution in [0.1, 0.15) is 17.7 Å². The van der Waals surface area contributed by atoms with Crippen LogP contribution < -0.4 is 5.73 Å². The van der Waals surface area contributed by atoms with Crippen LogP contribution in [0.25, 0.3) is 0 Å². The topological polar surface area (TPSA) is 59.1 Å². The summed E-state index contributed by atoms with van der Waals surface area (Å²) in [6, 6.07) is 0. The first-order valence-corrected chi connectivity index (χ1v) is 4.47. The summed E-state index contributed by atoms with van der Waals surface area (Å²) >= 11 is 1.70. The number of anilines is 1. The maximum Gasteiger partial charge on any atom is 0.281 e. The van der Waals surface area contributed by atoms with Crippen LogP contribution in [0.5, 0.6) is 0 Å². The molecule has 0 radical (unpaired) electrons. The predicted octanol–water partition coefficient (Wildman–Crippen LogP) is 1.70. The van der Waals surface area contributed by atoms with Gasteiger partial charge >= 0.3 is 0 Å². The van der Waals surface area contributed by atoms with Gasteiger partial charge in [0.1, 0.15) is 5.69 Å². The quantitative estimate of drug-likeness (QED) is 0.817. The molecule has 3 N–H and O–H groups in total. The van der Waals surface area contributed by atoms with E-state index in [1.54, 1.807) is 22.6 Å². The van der Waals surface area contributed by atoms with Crippen LogP contribution in [0.4, 0.5) is 14.5 Å². The Morgan fingerprint density at radius 1 is 1.62 bits per heavy atom. The van der Waals surface area contributed by atoms with Crippen molar-refractivity contribution in [2.75, 3.05) is 5.73 Å². The Balaban J connectivity index is 3.27. The van der Waals surface area contributed by atoms with E-state index in [1.165, 1.54) is 0 Å². The highest BCUT2D eigenvalue weighted by atomic mass is 127. The molecule has 1 aromatic rings. The van der Waals surface area contributed by atoms with Crippen molar-refractivity contribution in [1.29, 1.82) is 0 Å². The van der Waals surface area contributed by atoms with Crippen molar-refractivity contribution in [2.45, 2.75) is 13.0 Å². The van der Waals surface area contributed by atoms with Crippen LogP contribution in [0, 0.1) is 3.57 Å². The maximum absolute atomic E-state index is 12.3. The Morgan fingerprint density at radius 3 is 2.69 bits per heavy atom. The van der Waals surface area contributed by atoms with Crippen molar-refractivity contribution < 1.29 is 13.9 Å². The highest BCUT2D eigenvalue weighted by molar-refractivity contribution is 14.1. The van der Waals surface area contributed by atoms with Crippen molar-refractivity contribution in [2.24, 2.45) is 0 Å². The van der Waals surface area contributed by atoms with Crippen molar-refractivity contribution in [3.05, 3.63) is 21.0 Å². The number of hydrogen-bond acceptors (Lipinski definition) is 3. The summed E-state index contributed by atoms with van der Waals surface area (Å²) in [6.45, 7) is -0.355. The fourth-order valence-corrected chi connectivity index (χ4v) is 1.72. The summed E-state index contributed by atoms with van der Waals surface area (Å²) in [5.74, 6) is 0. The molecule has 13 heavy (non-hydrogen) atoms. The molecule has 0 atom stereocenters. The second-order valence-electron chi connectivity index (χ2n) is 2.35. The van der Waals surface area contributed by atoms with Gasteiger partial charge in [-0.15, -0.1) is 0 Å². The molecule has 0 saturated carbocycles. The summed E-state index contributed by atoms with van der Waals surface area (Å²) in [5.41, 5.74) is 5.64. The van der Waals surface area contributed by atoms with Crippen molar-refractivity contribution in [3.8, 4) is 0 Å². The number of nitrogens with two attached hydrogens (primary N) is 1. The minimum atomic E-state index is -2.64. The third-order valence-corrected chi connectivity index (χ3v) is 2.75. The molecule has 0 aliphatic rings. The molecule has 0 bridgehead atoms. The molecule has 0 saturated heterocycles. The number of aromatic nitrogens is 1. The Hall–Kier alpha value is -0.500. The molecular formula is C7H7F2IN2O. The van der Waals surface area contributed by atoms with Crippen LogP contribution in [0.15, 0.2) is 6.20 Å². The molecule has 0 aliphatic carbocycles. The third-order valence-electron chi connectivity index (χ3n) is 1.55. The van der Waals surface area contributed by atoms with Crippen LogP contribution in [0.2, 0.25) is 0 Å². The molecule has 0 fully saturated rings. The summed E-state index contributed by atoms with van der Waals surface area (Å²) in [4.78, 5) is 3.49. The van der Waals surface area contributed by atoms with Gasteiger partial charge in [-0.1, -0.05) is 0 Å². The average molecular weight is 300 g/mol. The average Bonchev–Trinajstić information content (AvgIpc) is 2.04. The van der Waals surface area contributed by atoms with E-state index in [-0.39, 0.29) is 21.6 Å². The lowest BCUT2D eigenvalue weighted by molar-refractivity contribution is 0.144. The van der Waals surface area contributed by atoms with Gasteiger partial charge in [-0.05, 0) is 22.6 Å². The second-order valence-corrected chi connectivity index (χ2v) is 3.43. The number of nitrogen functional groups attached to an aromatic ring is 1. The van der Waals surface area contributed by atoms with Crippen LogP contribution in [-0.2, 0) is 6.61 Å².